The molecule has 1 heterocycles. The number of hydrogen-bond donors (Lipinski definition) is 5. The first-order valence-corrected chi connectivity index (χ1v) is 17.0. The molecule has 4 bridgehead atoms. The number of aromatic hydroxyl groups is 1. The van der Waals surface area contributed by atoms with Gasteiger partial charge in [-0.25, -0.2) is 4.79 Å². The van der Waals surface area contributed by atoms with Gasteiger partial charge in [0.1, 0.15) is 17.5 Å². The van der Waals surface area contributed by atoms with Crippen LogP contribution in [0, 0.1) is 23.7 Å². The Morgan fingerprint density at radius 2 is 1.51 bits per heavy atom. The second-order valence-corrected chi connectivity index (χ2v) is 13.6. The molecular formula is C39H43N3O5. The number of phenolic OH excluding ortho intramolecular Hbond substituents is 1. The standard InChI is InChI=1S/C39H43N3O5/c43-31-11-7-26(8-12-31)36(37-28-18-24-17-25(20-28)21-29(37)19-24)27-9-13-32(14-10-27)47-16-4-3-15-40-38(44)35(42-39(45)46)22-30-23-41-34-6-2-1-5-33(30)34/h1-2,5-14,23-25,28-29,35,41-43H,3-4,15-22H2,(H,40,44)(H,45,46). The van der Waals surface area contributed by atoms with Gasteiger partial charge in [-0.2, -0.15) is 0 Å². The Hall–Kier alpha value is -4.72. The smallest absolute Gasteiger partial charge is 0.405 e. The van der Waals surface area contributed by atoms with Crippen LogP contribution in [0.4, 0.5) is 4.79 Å². The summed E-state index contributed by atoms with van der Waals surface area (Å²) >= 11 is 0. The first kappa shape index (κ1) is 30.9. The van der Waals surface area contributed by atoms with Crippen molar-refractivity contribution in [2.45, 2.75) is 57.4 Å². The van der Waals surface area contributed by atoms with E-state index in [1.807, 2.05) is 54.7 Å². The fourth-order valence-electron chi connectivity index (χ4n) is 8.58. The zero-order valence-electron chi connectivity index (χ0n) is 26.6. The molecule has 8 rings (SSSR count). The number of carbonyl (C=O) groups excluding carboxylic acids is 1. The van der Waals surface area contributed by atoms with Gasteiger partial charge >= 0.3 is 6.09 Å². The van der Waals surface area contributed by atoms with Crippen molar-refractivity contribution in [2.75, 3.05) is 13.2 Å². The number of para-hydroxylation sites is 1. The number of fused-ring (bicyclic) bond motifs is 1. The van der Waals surface area contributed by atoms with Gasteiger partial charge in [0.2, 0.25) is 5.91 Å². The molecular weight excluding hydrogens is 590 g/mol. The number of allylic oxidation sites excluding steroid dienone is 1. The Balaban J connectivity index is 0.934. The summed E-state index contributed by atoms with van der Waals surface area (Å²) in [6, 6.07) is 23.0. The first-order valence-electron chi connectivity index (χ1n) is 17.0. The van der Waals surface area contributed by atoms with E-state index in [2.05, 4.69) is 27.8 Å². The molecule has 4 aromatic rings. The molecule has 47 heavy (non-hydrogen) atoms. The number of amides is 2. The van der Waals surface area contributed by atoms with E-state index in [0.717, 1.165) is 40.5 Å². The molecule has 4 aliphatic rings. The van der Waals surface area contributed by atoms with Gasteiger partial charge in [-0.3, -0.25) is 4.79 Å². The summed E-state index contributed by atoms with van der Waals surface area (Å²) in [7, 11) is 0. The second-order valence-electron chi connectivity index (χ2n) is 13.6. The number of aromatic amines is 1. The molecule has 244 valence electrons. The molecule has 1 unspecified atom stereocenters. The summed E-state index contributed by atoms with van der Waals surface area (Å²) in [6.07, 6.45) is 8.98. The van der Waals surface area contributed by atoms with Gasteiger partial charge in [0.25, 0.3) is 0 Å². The van der Waals surface area contributed by atoms with Crippen molar-refractivity contribution < 1.29 is 24.5 Å². The minimum Gasteiger partial charge on any atom is -0.508 e. The number of benzene rings is 3. The maximum absolute atomic E-state index is 12.9. The molecule has 4 fully saturated rings. The average Bonchev–Trinajstić information content (AvgIpc) is 3.47. The number of ether oxygens (including phenoxy) is 1. The quantitative estimate of drug-likeness (QED) is 0.105. The number of H-pyrrole nitrogens is 1. The largest absolute Gasteiger partial charge is 0.508 e. The van der Waals surface area contributed by atoms with E-state index in [9.17, 15) is 19.8 Å². The Morgan fingerprint density at radius 1 is 0.851 bits per heavy atom. The highest BCUT2D eigenvalue weighted by atomic mass is 16.5. The lowest BCUT2D eigenvalue weighted by Gasteiger charge is -2.52. The van der Waals surface area contributed by atoms with E-state index in [-0.39, 0.29) is 18.1 Å². The number of carbonyl (C=O) groups is 2. The molecule has 0 spiro atoms. The highest BCUT2D eigenvalue weighted by Crippen LogP contribution is 2.58. The Kier molecular flexibility index (Phi) is 8.92. The zero-order valence-corrected chi connectivity index (χ0v) is 26.6. The molecule has 1 aromatic heterocycles. The fourth-order valence-corrected chi connectivity index (χ4v) is 8.58. The van der Waals surface area contributed by atoms with Crippen molar-refractivity contribution >= 4 is 28.5 Å². The number of rotatable bonds is 12. The van der Waals surface area contributed by atoms with Crippen LogP contribution in [-0.2, 0) is 11.2 Å². The SMILES string of the molecule is O=C(O)NC(Cc1c[nH]c2ccccc12)C(=O)NCCCCOc1ccc(C(=C2C3CC4CC(C3)CC2C4)c2ccc(O)cc2)cc1. The number of unbranched alkanes of at least 4 members (excludes halogenated alkanes) is 1. The number of hydrogen-bond acceptors (Lipinski definition) is 4. The van der Waals surface area contributed by atoms with Crippen molar-refractivity contribution in [1.29, 1.82) is 0 Å². The molecule has 8 heteroatoms. The van der Waals surface area contributed by atoms with Gasteiger partial charge in [-0.1, -0.05) is 48.0 Å². The van der Waals surface area contributed by atoms with Crippen LogP contribution in [0.2, 0.25) is 0 Å². The monoisotopic (exact) mass is 633 g/mol. The molecule has 2 amide bonds. The van der Waals surface area contributed by atoms with Crippen LogP contribution in [0.25, 0.3) is 16.5 Å². The van der Waals surface area contributed by atoms with Crippen LogP contribution in [0.15, 0.2) is 84.6 Å². The first-order chi connectivity index (χ1) is 22.9. The molecule has 4 saturated carbocycles. The lowest BCUT2D eigenvalue weighted by Crippen LogP contribution is -2.47. The van der Waals surface area contributed by atoms with Gasteiger partial charge in [-0.05, 0) is 121 Å². The maximum Gasteiger partial charge on any atom is 0.405 e. The van der Waals surface area contributed by atoms with Crippen LogP contribution >= 0.6 is 0 Å². The van der Waals surface area contributed by atoms with Crippen molar-refractivity contribution in [3.8, 4) is 11.5 Å². The molecule has 0 radical (unpaired) electrons. The normalized spacial score (nSPS) is 21.8. The van der Waals surface area contributed by atoms with Crippen LogP contribution in [-0.4, -0.2) is 46.4 Å². The minimum absolute atomic E-state index is 0.259. The summed E-state index contributed by atoms with van der Waals surface area (Å²) < 4.78 is 6.06. The summed E-state index contributed by atoms with van der Waals surface area (Å²) in [5, 5.41) is 25.5. The minimum atomic E-state index is -1.23. The molecule has 1 atom stereocenters. The highest BCUT2D eigenvalue weighted by molar-refractivity contribution is 5.88. The number of phenols is 1. The van der Waals surface area contributed by atoms with Crippen molar-refractivity contribution in [3.63, 3.8) is 0 Å². The number of nitrogens with one attached hydrogen (secondary N) is 3. The van der Waals surface area contributed by atoms with Crippen LogP contribution in [0.5, 0.6) is 11.5 Å². The third-order valence-electron chi connectivity index (χ3n) is 10.5. The Morgan fingerprint density at radius 3 is 2.19 bits per heavy atom. The van der Waals surface area contributed by atoms with Crippen LogP contribution in [0.3, 0.4) is 0 Å². The highest BCUT2D eigenvalue weighted by Gasteiger charge is 2.46. The summed E-state index contributed by atoms with van der Waals surface area (Å²) in [5.41, 5.74) is 7.17. The molecule has 8 nitrogen and oxygen atoms in total. The lowest BCUT2D eigenvalue weighted by molar-refractivity contribution is -0.123. The predicted octanol–water partition coefficient (Wildman–Crippen LogP) is 7.29. The number of carboxylic acid groups (broad SMARTS) is 1. The van der Waals surface area contributed by atoms with Crippen molar-refractivity contribution in [2.24, 2.45) is 23.7 Å². The van der Waals surface area contributed by atoms with Gasteiger partial charge in [-0.15, -0.1) is 0 Å². The predicted molar refractivity (Wildman–Crippen MR) is 182 cm³/mol. The lowest BCUT2D eigenvalue weighted by atomic mass is 9.53. The van der Waals surface area contributed by atoms with Crippen LogP contribution < -0.4 is 15.4 Å². The van der Waals surface area contributed by atoms with E-state index in [1.165, 1.54) is 48.8 Å². The Bertz CT molecular complexity index is 1730. The van der Waals surface area contributed by atoms with E-state index in [4.69, 9.17) is 4.74 Å². The average molecular weight is 634 g/mol. The fraction of sp³-hybridized carbons (Fsp3) is 0.385. The second kappa shape index (κ2) is 13.6. The third-order valence-corrected chi connectivity index (χ3v) is 10.5. The Labute approximate surface area is 275 Å². The number of aromatic nitrogens is 1. The topological polar surface area (TPSA) is 124 Å². The van der Waals surface area contributed by atoms with Crippen molar-refractivity contribution in [3.05, 3.63) is 101 Å². The van der Waals surface area contributed by atoms with Gasteiger partial charge < -0.3 is 30.6 Å². The van der Waals surface area contributed by atoms with E-state index >= 15 is 0 Å². The molecule has 0 aliphatic heterocycles. The van der Waals surface area contributed by atoms with Gasteiger partial charge in [0, 0.05) is 30.1 Å². The third kappa shape index (κ3) is 6.87. The molecule has 3 aromatic carbocycles. The maximum atomic E-state index is 12.9. The molecule has 5 N–H and O–H groups in total. The zero-order chi connectivity index (χ0) is 32.3. The summed E-state index contributed by atoms with van der Waals surface area (Å²) in [4.78, 5) is 27.5. The van der Waals surface area contributed by atoms with Gasteiger partial charge in [0.15, 0.2) is 0 Å². The summed E-state index contributed by atoms with van der Waals surface area (Å²) in [6.45, 7) is 0.945. The van der Waals surface area contributed by atoms with Gasteiger partial charge in [0.05, 0.1) is 6.61 Å². The van der Waals surface area contributed by atoms with Crippen molar-refractivity contribution in [1.82, 2.24) is 15.6 Å². The molecule has 0 saturated heterocycles. The van der Waals surface area contributed by atoms with Crippen LogP contribution in [0.1, 0.15) is 61.6 Å². The summed E-state index contributed by atoms with van der Waals surface area (Å²) in [5.74, 6) is 3.85. The van der Waals surface area contributed by atoms with E-state index in [1.54, 1.807) is 17.7 Å². The van der Waals surface area contributed by atoms with E-state index < -0.39 is 12.1 Å². The van der Waals surface area contributed by atoms with E-state index in [0.29, 0.717) is 31.4 Å². The molecule has 4 aliphatic carbocycles.